The van der Waals surface area contributed by atoms with Gasteiger partial charge in [0.15, 0.2) is 0 Å². The fourth-order valence-corrected chi connectivity index (χ4v) is 2.41. The van der Waals surface area contributed by atoms with Crippen molar-refractivity contribution in [3.8, 4) is 0 Å². The Labute approximate surface area is 112 Å². The smallest absolute Gasteiger partial charge is 0.0409 e. The van der Waals surface area contributed by atoms with Gasteiger partial charge in [-0.1, -0.05) is 82.7 Å². The fourth-order valence-electron chi connectivity index (χ4n) is 2.16. The summed E-state index contributed by atoms with van der Waals surface area (Å²) in [5.74, 6) is 0. The maximum atomic E-state index is 5.30. The molecule has 0 fully saturated rings. The topological polar surface area (TPSA) is 0 Å². The zero-order valence-corrected chi connectivity index (χ0v) is 11.9. The fraction of sp³-hybridized carbons (Fsp3) is 0.625. The monoisotopic (exact) mass is 249 g/mol. The number of hydrogen-bond acceptors (Lipinski definition) is 0. The first kappa shape index (κ1) is 14.5. The molecule has 0 nitrogen and oxygen atoms in total. The van der Waals surface area contributed by atoms with Gasteiger partial charge in [0.1, 0.15) is 0 Å². The first-order valence-corrected chi connectivity index (χ1v) is 7.50. The Morgan fingerprint density at radius 3 is 2.06 bits per heavy atom. The number of rotatable bonds is 9. The van der Waals surface area contributed by atoms with Crippen molar-refractivity contribution in [2.75, 3.05) is 0 Å². The molecule has 0 aliphatic heterocycles. The molecule has 0 atom stereocenters. The molecule has 0 saturated heterocycles. The quantitative estimate of drug-likeness (QED) is 0.476. The van der Waals surface area contributed by atoms with Crippen LogP contribution in [0.5, 0.6) is 0 Å². The minimum Gasteiger partial charge on any atom is -0.0798 e. The maximum absolute atomic E-state index is 5.30. The highest BCUT2D eigenvalue weighted by molar-refractivity contribution is 7.80. The largest absolute Gasteiger partial charge is 0.0798 e. The van der Waals surface area contributed by atoms with Crippen LogP contribution in [0.1, 0.15) is 63.9 Å². The van der Waals surface area contributed by atoms with E-state index in [1.807, 2.05) is 12.1 Å². The normalized spacial score (nSPS) is 10.6. The van der Waals surface area contributed by atoms with E-state index in [4.69, 9.17) is 12.6 Å². The first-order chi connectivity index (χ1) is 8.34. The van der Waals surface area contributed by atoms with E-state index in [0.29, 0.717) is 0 Å². The summed E-state index contributed by atoms with van der Waals surface area (Å²) in [6, 6.07) is 8.33. The number of hydrogen-bond donors (Lipinski definition) is 0. The van der Waals surface area contributed by atoms with Gasteiger partial charge in [0.2, 0.25) is 0 Å². The molecule has 0 heterocycles. The van der Waals surface area contributed by atoms with E-state index in [1.54, 1.807) is 0 Å². The van der Waals surface area contributed by atoms with Crippen LogP contribution < -0.4 is 0 Å². The molecule has 1 aromatic rings. The molecule has 1 rings (SSSR count). The Bertz CT molecular complexity index is 293. The van der Waals surface area contributed by atoms with Crippen LogP contribution in [-0.2, 0) is 6.42 Å². The average molecular weight is 249 g/mol. The van der Waals surface area contributed by atoms with Gasteiger partial charge in [-0.05, 0) is 24.5 Å². The zero-order valence-electron chi connectivity index (χ0n) is 11.1. The lowest BCUT2D eigenvalue weighted by Crippen LogP contribution is -1.88. The summed E-state index contributed by atoms with van der Waals surface area (Å²) in [7, 11) is 0. The van der Waals surface area contributed by atoms with Crippen LogP contribution in [0, 0.1) is 0 Å². The van der Waals surface area contributed by atoms with Crippen LogP contribution in [0.2, 0.25) is 0 Å². The van der Waals surface area contributed by atoms with Crippen LogP contribution in [0.4, 0.5) is 0 Å². The van der Waals surface area contributed by atoms with Gasteiger partial charge >= 0.3 is 0 Å². The molecule has 0 aliphatic carbocycles. The SMILES string of the molecule is CCCCCCCCCCc1ccccc1[S]. The summed E-state index contributed by atoms with van der Waals surface area (Å²) in [5, 5.41) is 0. The van der Waals surface area contributed by atoms with Crippen LogP contribution >= 0.6 is 12.6 Å². The van der Waals surface area contributed by atoms with Crippen molar-refractivity contribution in [1.29, 1.82) is 0 Å². The molecule has 0 saturated carbocycles. The van der Waals surface area contributed by atoms with Gasteiger partial charge < -0.3 is 0 Å². The number of benzene rings is 1. The van der Waals surface area contributed by atoms with Crippen LogP contribution in [0.15, 0.2) is 29.2 Å². The van der Waals surface area contributed by atoms with Crippen LogP contribution in [-0.4, -0.2) is 0 Å². The lowest BCUT2D eigenvalue weighted by atomic mass is 10.0. The third-order valence-corrected chi connectivity index (χ3v) is 3.67. The number of aryl methyl sites for hydroxylation is 1. The predicted octanol–water partition coefficient (Wildman–Crippen LogP) is 5.93. The molecular formula is C16H25S. The van der Waals surface area contributed by atoms with E-state index in [2.05, 4.69) is 19.1 Å². The summed E-state index contributed by atoms with van der Waals surface area (Å²) in [6.07, 6.45) is 12.2. The van der Waals surface area contributed by atoms with Crippen LogP contribution in [0.25, 0.3) is 0 Å². The Kier molecular flexibility index (Phi) is 8.08. The van der Waals surface area contributed by atoms with Crippen molar-refractivity contribution in [2.45, 2.75) is 69.6 Å². The summed E-state index contributed by atoms with van der Waals surface area (Å²) in [4.78, 5) is 1.04. The first-order valence-electron chi connectivity index (χ1n) is 7.09. The standard InChI is InChI=1S/C16H25S/c1-2-3-4-5-6-7-8-9-12-15-13-10-11-14-16(15)17/h10-11,13-14H,2-9,12H2,1H3. The van der Waals surface area contributed by atoms with E-state index in [0.717, 1.165) is 11.3 Å². The zero-order chi connectivity index (χ0) is 12.3. The Hall–Kier alpha value is -0.560. The molecule has 0 bridgehead atoms. The molecule has 0 amide bonds. The van der Waals surface area contributed by atoms with E-state index >= 15 is 0 Å². The lowest BCUT2D eigenvalue weighted by molar-refractivity contribution is 0.574. The van der Waals surface area contributed by atoms with Gasteiger partial charge in [-0.2, -0.15) is 0 Å². The van der Waals surface area contributed by atoms with E-state index in [9.17, 15) is 0 Å². The third kappa shape index (κ3) is 6.68. The molecular weight excluding hydrogens is 224 g/mol. The van der Waals surface area contributed by atoms with E-state index in [-0.39, 0.29) is 0 Å². The van der Waals surface area contributed by atoms with Gasteiger partial charge in [0.05, 0.1) is 0 Å². The highest BCUT2D eigenvalue weighted by atomic mass is 32.1. The van der Waals surface area contributed by atoms with Crippen molar-refractivity contribution in [2.24, 2.45) is 0 Å². The van der Waals surface area contributed by atoms with Crippen molar-refractivity contribution in [3.05, 3.63) is 29.8 Å². The van der Waals surface area contributed by atoms with Gasteiger partial charge in [0.25, 0.3) is 0 Å². The van der Waals surface area contributed by atoms with Crippen LogP contribution in [0.3, 0.4) is 0 Å². The Morgan fingerprint density at radius 1 is 0.824 bits per heavy atom. The molecule has 0 spiro atoms. The van der Waals surface area contributed by atoms with Crippen molar-refractivity contribution in [3.63, 3.8) is 0 Å². The Morgan fingerprint density at radius 2 is 1.41 bits per heavy atom. The molecule has 1 heteroatoms. The van der Waals surface area contributed by atoms with Crippen molar-refractivity contribution < 1.29 is 0 Å². The van der Waals surface area contributed by atoms with Gasteiger partial charge in [-0.25, -0.2) is 0 Å². The minimum absolute atomic E-state index is 1.04. The molecule has 0 aliphatic rings. The van der Waals surface area contributed by atoms with E-state index < -0.39 is 0 Å². The summed E-state index contributed by atoms with van der Waals surface area (Å²) < 4.78 is 0. The second kappa shape index (κ2) is 9.47. The highest BCUT2D eigenvalue weighted by Gasteiger charge is 1.98. The molecule has 17 heavy (non-hydrogen) atoms. The highest BCUT2D eigenvalue weighted by Crippen LogP contribution is 2.16. The summed E-state index contributed by atoms with van der Waals surface area (Å²) in [6.45, 7) is 2.27. The van der Waals surface area contributed by atoms with E-state index in [1.165, 1.54) is 56.9 Å². The second-order valence-corrected chi connectivity index (χ2v) is 5.27. The third-order valence-electron chi connectivity index (χ3n) is 3.27. The molecule has 1 radical (unpaired) electrons. The van der Waals surface area contributed by atoms with Gasteiger partial charge in [0, 0.05) is 4.90 Å². The average Bonchev–Trinajstić information content (AvgIpc) is 2.35. The second-order valence-electron chi connectivity index (χ2n) is 4.83. The summed E-state index contributed by atoms with van der Waals surface area (Å²) in [5.41, 5.74) is 1.36. The molecule has 0 N–H and O–H groups in total. The summed E-state index contributed by atoms with van der Waals surface area (Å²) >= 11 is 5.30. The van der Waals surface area contributed by atoms with Crippen molar-refractivity contribution >= 4 is 12.6 Å². The lowest BCUT2D eigenvalue weighted by Gasteiger charge is -2.04. The maximum Gasteiger partial charge on any atom is 0.0409 e. The predicted molar refractivity (Wildman–Crippen MR) is 78.6 cm³/mol. The van der Waals surface area contributed by atoms with Gasteiger partial charge in [-0.3, -0.25) is 0 Å². The molecule has 1 aromatic carbocycles. The molecule has 0 unspecified atom stereocenters. The van der Waals surface area contributed by atoms with Crippen molar-refractivity contribution in [1.82, 2.24) is 0 Å². The Balaban J connectivity index is 1.99. The minimum atomic E-state index is 1.04. The van der Waals surface area contributed by atoms with Gasteiger partial charge in [-0.15, -0.1) is 0 Å². The molecule has 0 aromatic heterocycles. The molecule has 95 valence electrons. The number of unbranched alkanes of at least 4 members (excludes halogenated alkanes) is 7.